The summed E-state index contributed by atoms with van der Waals surface area (Å²) in [6.07, 6.45) is 1.75. The third-order valence-electron chi connectivity index (χ3n) is 1.41. The highest BCUT2D eigenvalue weighted by Crippen LogP contribution is 2.19. The second kappa shape index (κ2) is 4.59. The van der Waals surface area contributed by atoms with Crippen LogP contribution in [0, 0.1) is 0 Å². The molecule has 0 saturated heterocycles. The monoisotopic (exact) mass is 166 g/mol. The summed E-state index contributed by atoms with van der Waals surface area (Å²) in [5, 5.41) is 3.12. The van der Waals surface area contributed by atoms with Crippen LogP contribution in [0.4, 0.5) is 5.82 Å². The lowest BCUT2D eigenvalue weighted by atomic mass is 10.4. The first kappa shape index (κ1) is 8.84. The van der Waals surface area contributed by atoms with Crippen molar-refractivity contribution in [2.45, 2.75) is 13.8 Å². The van der Waals surface area contributed by atoms with Crippen molar-refractivity contribution < 1.29 is 4.74 Å². The Morgan fingerprint density at radius 3 is 3.00 bits per heavy atom. The van der Waals surface area contributed by atoms with E-state index in [1.165, 1.54) is 0 Å². The van der Waals surface area contributed by atoms with Crippen LogP contribution in [0.5, 0.6) is 5.75 Å². The average Bonchev–Trinajstić information content (AvgIpc) is 2.09. The van der Waals surface area contributed by atoms with E-state index in [-0.39, 0.29) is 0 Å². The number of hydrogen-bond donors (Lipinski definition) is 1. The second-order valence-corrected chi connectivity index (χ2v) is 2.31. The SMILES string of the molecule is CCNc1ncccc1OCC. The summed E-state index contributed by atoms with van der Waals surface area (Å²) in [6, 6.07) is 3.78. The van der Waals surface area contributed by atoms with Crippen LogP contribution < -0.4 is 10.1 Å². The third-order valence-corrected chi connectivity index (χ3v) is 1.41. The van der Waals surface area contributed by atoms with Gasteiger partial charge in [0.05, 0.1) is 6.61 Å². The molecule has 3 heteroatoms. The maximum atomic E-state index is 5.36. The Kier molecular flexibility index (Phi) is 3.38. The van der Waals surface area contributed by atoms with Crippen molar-refractivity contribution in [1.82, 2.24) is 4.98 Å². The quantitative estimate of drug-likeness (QED) is 0.742. The van der Waals surface area contributed by atoms with E-state index in [4.69, 9.17) is 4.74 Å². The molecule has 0 amide bonds. The standard InChI is InChI=1S/C9H14N2O/c1-3-10-9-8(12-4-2)6-5-7-11-9/h5-7H,3-4H2,1-2H3,(H,10,11). The molecule has 1 heterocycles. The lowest BCUT2D eigenvalue weighted by molar-refractivity contribution is 0.340. The number of anilines is 1. The van der Waals surface area contributed by atoms with Crippen LogP contribution in [-0.4, -0.2) is 18.1 Å². The van der Waals surface area contributed by atoms with E-state index in [0.717, 1.165) is 18.1 Å². The van der Waals surface area contributed by atoms with Gasteiger partial charge in [-0.15, -0.1) is 0 Å². The zero-order chi connectivity index (χ0) is 8.81. The highest BCUT2D eigenvalue weighted by molar-refractivity contribution is 5.49. The number of nitrogens with zero attached hydrogens (tertiary/aromatic N) is 1. The van der Waals surface area contributed by atoms with Gasteiger partial charge < -0.3 is 10.1 Å². The highest BCUT2D eigenvalue weighted by Gasteiger charge is 2.00. The van der Waals surface area contributed by atoms with E-state index in [9.17, 15) is 0 Å². The third kappa shape index (κ3) is 2.12. The molecule has 1 rings (SSSR count). The molecule has 0 aliphatic rings. The number of rotatable bonds is 4. The highest BCUT2D eigenvalue weighted by atomic mass is 16.5. The molecule has 0 aromatic carbocycles. The van der Waals surface area contributed by atoms with E-state index in [1.54, 1.807) is 6.20 Å². The summed E-state index contributed by atoms with van der Waals surface area (Å²) in [7, 11) is 0. The Balaban J connectivity index is 2.77. The lowest BCUT2D eigenvalue weighted by Gasteiger charge is -2.08. The van der Waals surface area contributed by atoms with E-state index in [0.29, 0.717) is 6.61 Å². The molecule has 1 aromatic rings. The maximum Gasteiger partial charge on any atom is 0.168 e. The van der Waals surface area contributed by atoms with E-state index in [2.05, 4.69) is 10.3 Å². The van der Waals surface area contributed by atoms with Crippen LogP contribution in [0.2, 0.25) is 0 Å². The molecule has 0 bridgehead atoms. The smallest absolute Gasteiger partial charge is 0.168 e. The molecule has 1 N–H and O–H groups in total. The fourth-order valence-electron chi connectivity index (χ4n) is 0.963. The van der Waals surface area contributed by atoms with Gasteiger partial charge in [-0.25, -0.2) is 4.98 Å². The number of aromatic nitrogens is 1. The van der Waals surface area contributed by atoms with Crippen molar-refractivity contribution in [3.63, 3.8) is 0 Å². The summed E-state index contributed by atoms with van der Waals surface area (Å²) in [5.41, 5.74) is 0. The maximum absolute atomic E-state index is 5.36. The normalized spacial score (nSPS) is 9.50. The first-order chi connectivity index (χ1) is 5.88. The van der Waals surface area contributed by atoms with Gasteiger partial charge in [-0.05, 0) is 26.0 Å². The number of pyridine rings is 1. The zero-order valence-electron chi connectivity index (χ0n) is 7.50. The van der Waals surface area contributed by atoms with Crippen LogP contribution in [0.25, 0.3) is 0 Å². The number of ether oxygens (including phenoxy) is 1. The van der Waals surface area contributed by atoms with Gasteiger partial charge in [-0.2, -0.15) is 0 Å². The van der Waals surface area contributed by atoms with Crippen LogP contribution >= 0.6 is 0 Å². The molecule has 3 nitrogen and oxygen atoms in total. The van der Waals surface area contributed by atoms with Crippen molar-refractivity contribution in [3.05, 3.63) is 18.3 Å². The molecule has 1 aromatic heterocycles. The van der Waals surface area contributed by atoms with Gasteiger partial charge >= 0.3 is 0 Å². The Morgan fingerprint density at radius 1 is 1.50 bits per heavy atom. The van der Waals surface area contributed by atoms with Crippen LogP contribution in [0.3, 0.4) is 0 Å². The van der Waals surface area contributed by atoms with Crippen molar-refractivity contribution in [2.75, 3.05) is 18.5 Å². The largest absolute Gasteiger partial charge is 0.490 e. The van der Waals surface area contributed by atoms with Crippen molar-refractivity contribution in [1.29, 1.82) is 0 Å². The van der Waals surface area contributed by atoms with E-state index < -0.39 is 0 Å². The molecule has 0 saturated carbocycles. The molecular formula is C9H14N2O. The first-order valence-electron chi connectivity index (χ1n) is 4.20. The summed E-state index contributed by atoms with van der Waals surface area (Å²) in [5.74, 6) is 1.64. The lowest BCUT2D eigenvalue weighted by Crippen LogP contribution is -2.02. The Bertz CT molecular complexity index is 213. The van der Waals surface area contributed by atoms with Gasteiger partial charge in [0.25, 0.3) is 0 Å². The summed E-state index contributed by atoms with van der Waals surface area (Å²) >= 11 is 0. The summed E-state index contributed by atoms with van der Waals surface area (Å²) in [6.45, 7) is 5.52. The molecule has 12 heavy (non-hydrogen) atoms. The Labute approximate surface area is 72.8 Å². The van der Waals surface area contributed by atoms with Gasteiger partial charge in [-0.3, -0.25) is 0 Å². The molecule has 0 fully saturated rings. The summed E-state index contributed by atoms with van der Waals surface area (Å²) < 4.78 is 5.36. The molecule has 0 unspecified atom stereocenters. The molecular weight excluding hydrogens is 152 g/mol. The minimum atomic E-state index is 0.671. The van der Waals surface area contributed by atoms with Crippen LogP contribution in [0.1, 0.15) is 13.8 Å². The molecule has 0 atom stereocenters. The average molecular weight is 166 g/mol. The predicted octanol–water partition coefficient (Wildman–Crippen LogP) is 1.91. The van der Waals surface area contributed by atoms with Crippen LogP contribution in [-0.2, 0) is 0 Å². The van der Waals surface area contributed by atoms with Gasteiger partial charge in [0.2, 0.25) is 0 Å². The zero-order valence-corrected chi connectivity index (χ0v) is 7.50. The number of nitrogens with one attached hydrogen (secondary N) is 1. The summed E-state index contributed by atoms with van der Waals surface area (Å²) in [4.78, 5) is 4.15. The van der Waals surface area contributed by atoms with Gasteiger partial charge in [0.15, 0.2) is 11.6 Å². The predicted molar refractivity (Wildman–Crippen MR) is 49.6 cm³/mol. The molecule has 66 valence electrons. The molecule has 0 aliphatic carbocycles. The molecule has 0 aliphatic heterocycles. The van der Waals surface area contributed by atoms with Gasteiger partial charge in [0.1, 0.15) is 0 Å². The topological polar surface area (TPSA) is 34.2 Å². The van der Waals surface area contributed by atoms with Crippen molar-refractivity contribution in [3.8, 4) is 5.75 Å². The first-order valence-corrected chi connectivity index (χ1v) is 4.20. The Hall–Kier alpha value is -1.25. The van der Waals surface area contributed by atoms with E-state index in [1.807, 2.05) is 26.0 Å². The van der Waals surface area contributed by atoms with Crippen molar-refractivity contribution in [2.24, 2.45) is 0 Å². The van der Waals surface area contributed by atoms with Gasteiger partial charge in [0, 0.05) is 12.7 Å². The fraction of sp³-hybridized carbons (Fsp3) is 0.444. The molecule has 0 radical (unpaired) electrons. The molecule has 0 spiro atoms. The fourth-order valence-corrected chi connectivity index (χ4v) is 0.963. The second-order valence-electron chi connectivity index (χ2n) is 2.31. The van der Waals surface area contributed by atoms with Crippen LogP contribution in [0.15, 0.2) is 18.3 Å². The van der Waals surface area contributed by atoms with Gasteiger partial charge in [-0.1, -0.05) is 0 Å². The van der Waals surface area contributed by atoms with Crippen molar-refractivity contribution >= 4 is 5.82 Å². The number of hydrogen-bond acceptors (Lipinski definition) is 3. The van der Waals surface area contributed by atoms with E-state index >= 15 is 0 Å². The Morgan fingerprint density at radius 2 is 2.33 bits per heavy atom. The minimum Gasteiger partial charge on any atom is -0.490 e. The minimum absolute atomic E-state index is 0.671.